The van der Waals surface area contributed by atoms with Crippen LogP contribution >= 0.6 is 0 Å². The van der Waals surface area contributed by atoms with Gasteiger partial charge in [-0.2, -0.15) is 17.5 Å². The Hall–Kier alpha value is -1.65. The van der Waals surface area contributed by atoms with Crippen molar-refractivity contribution in [1.29, 1.82) is 0 Å². The molecule has 0 aromatic heterocycles. The molecule has 1 saturated heterocycles. The van der Waals surface area contributed by atoms with Crippen molar-refractivity contribution in [2.45, 2.75) is 23.6 Å². The van der Waals surface area contributed by atoms with Crippen molar-refractivity contribution in [2.75, 3.05) is 13.1 Å². The molecule has 0 aliphatic carbocycles. The summed E-state index contributed by atoms with van der Waals surface area (Å²) >= 11 is 0. The number of carboxylic acid groups (broad SMARTS) is 1. The second-order valence-corrected chi connectivity index (χ2v) is 7.06. The summed E-state index contributed by atoms with van der Waals surface area (Å²) < 4.78 is 64.5. The van der Waals surface area contributed by atoms with Crippen molar-refractivity contribution in [3.8, 4) is 0 Å². The molecular formula is C13H14F3NO5S. The molecule has 2 rings (SSSR count). The lowest BCUT2D eigenvalue weighted by molar-refractivity contribution is -0.147. The van der Waals surface area contributed by atoms with Crippen LogP contribution in [0.25, 0.3) is 0 Å². The van der Waals surface area contributed by atoms with Gasteiger partial charge in [-0.25, -0.2) is 8.42 Å². The van der Waals surface area contributed by atoms with E-state index >= 15 is 0 Å². The molecule has 2 atom stereocenters. The number of β-amino-alcohol motifs (C(OH)–C–C–N with tert-alkyl or cyclic N) is 1. The van der Waals surface area contributed by atoms with Gasteiger partial charge in [-0.1, -0.05) is 12.1 Å². The topological polar surface area (TPSA) is 94.9 Å². The predicted octanol–water partition coefficient (Wildman–Crippen LogP) is 1.16. The van der Waals surface area contributed by atoms with Crippen molar-refractivity contribution in [3.63, 3.8) is 0 Å². The van der Waals surface area contributed by atoms with Crippen LogP contribution in [0.1, 0.15) is 12.0 Å². The summed E-state index contributed by atoms with van der Waals surface area (Å²) in [7, 11) is -4.50. The first-order valence-corrected chi connectivity index (χ1v) is 8.06. The van der Waals surface area contributed by atoms with Crippen LogP contribution < -0.4 is 0 Å². The average molecular weight is 353 g/mol. The zero-order chi connectivity index (χ0) is 17.4. The van der Waals surface area contributed by atoms with Crippen LogP contribution in [-0.4, -0.2) is 48.1 Å². The second kappa shape index (κ2) is 6.10. The lowest BCUT2D eigenvalue weighted by Crippen LogP contribution is -2.48. The Bertz CT molecular complexity index is 704. The number of aliphatic hydroxyl groups excluding tert-OH is 1. The van der Waals surface area contributed by atoms with Gasteiger partial charge in [0.25, 0.3) is 0 Å². The van der Waals surface area contributed by atoms with Crippen molar-refractivity contribution in [2.24, 2.45) is 5.92 Å². The molecule has 23 heavy (non-hydrogen) atoms. The molecule has 0 bridgehead atoms. The molecule has 0 saturated carbocycles. The maximum Gasteiger partial charge on any atom is 0.417 e. The molecule has 2 N–H and O–H groups in total. The fraction of sp³-hybridized carbons (Fsp3) is 0.462. The van der Waals surface area contributed by atoms with E-state index in [1.807, 2.05) is 0 Å². The Morgan fingerprint density at radius 1 is 1.26 bits per heavy atom. The van der Waals surface area contributed by atoms with Crippen LogP contribution in [0, 0.1) is 5.92 Å². The van der Waals surface area contributed by atoms with Crippen LogP contribution in [0.15, 0.2) is 29.2 Å². The van der Waals surface area contributed by atoms with Gasteiger partial charge < -0.3 is 10.2 Å². The third kappa shape index (κ3) is 3.48. The van der Waals surface area contributed by atoms with Gasteiger partial charge in [-0.15, -0.1) is 0 Å². The van der Waals surface area contributed by atoms with E-state index < -0.39 is 51.2 Å². The summed E-state index contributed by atoms with van der Waals surface area (Å²) in [5.41, 5.74) is -1.30. The number of alkyl halides is 3. The summed E-state index contributed by atoms with van der Waals surface area (Å²) in [6.07, 6.45) is -6.50. The fourth-order valence-corrected chi connectivity index (χ4v) is 4.16. The van der Waals surface area contributed by atoms with E-state index in [1.165, 1.54) is 6.07 Å². The van der Waals surface area contributed by atoms with Gasteiger partial charge in [0.15, 0.2) is 0 Å². The number of aliphatic hydroxyl groups is 1. The molecule has 0 spiro atoms. The molecular weight excluding hydrogens is 339 g/mol. The summed E-state index contributed by atoms with van der Waals surface area (Å²) in [5.74, 6) is -2.41. The molecule has 128 valence electrons. The third-order valence-corrected chi connectivity index (χ3v) is 5.60. The number of sulfonamides is 1. The molecule has 0 radical (unpaired) electrons. The van der Waals surface area contributed by atoms with Crippen LogP contribution in [0.3, 0.4) is 0 Å². The number of hydrogen-bond donors (Lipinski definition) is 2. The number of rotatable bonds is 3. The number of halogens is 3. The Morgan fingerprint density at radius 2 is 1.87 bits per heavy atom. The van der Waals surface area contributed by atoms with Crippen LogP contribution in [-0.2, 0) is 21.0 Å². The van der Waals surface area contributed by atoms with E-state index in [4.69, 9.17) is 5.11 Å². The van der Waals surface area contributed by atoms with Gasteiger partial charge in [0.2, 0.25) is 10.0 Å². The number of carbonyl (C=O) groups is 1. The lowest BCUT2D eigenvalue weighted by Gasteiger charge is -2.33. The number of aliphatic carboxylic acids is 1. The monoisotopic (exact) mass is 353 g/mol. The van der Waals surface area contributed by atoms with Crippen LogP contribution in [0.2, 0.25) is 0 Å². The first kappa shape index (κ1) is 17.7. The largest absolute Gasteiger partial charge is 0.481 e. The molecule has 6 nitrogen and oxygen atoms in total. The van der Waals surface area contributed by atoms with Crippen molar-refractivity contribution in [1.82, 2.24) is 4.31 Å². The Kier molecular flexibility index (Phi) is 4.69. The van der Waals surface area contributed by atoms with E-state index in [-0.39, 0.29) is 13.0 Å². The van der Waals surface area contributed by atoms with Crippen molar-refractivity contribution in [3.05, 3.63) is 29.8 Å². The number of piperidine rings is 1. The minimum Gasteiger partial charge on any atom is -0.481 e. The van der Waals surface area contributed by atoms with Gasteiger partial charge in [-0.3, -0.25) is 4.79 Å². The van der Waals surface area contributed by atoms with Crippen LogP contribution in [0.4, 0.5) is 13.2 Å². The predicted molar refractivity (Wildman–Crippen MR) is 72.0 cm³/mol. The minimum absolute atomic E-state index is 0.177. The van der Waals surface area contributed by atoms with Gasteiger partial charge in [0.1, 0.15) is 0 Å². The minimum atomic E-state index is -4.85. The first-order chi connectivity index (χ1) is 10.5. The summed E-state index contributed by atoms with van der Waals surface area (Å²) in [4.78, 5) is 9.99. The van der Waals surface area contributed by atoms with E-state index in [0.717, 1.165) is 12.1 Å². The Balaban J connectivity index is 2.36. The zero-order valence-electron chi connectivity index (χ0n) is 11.7. The average Bonchev–Trinajstić information content (AvgIpc) is 2.45. The van der Waals surface area contributed by atoms with Crippen molar-refractivity contribution < 1.29 is 36.6 Å². The Labute approximate surface area is 130 Å². The maximum absolute atomic E-state index is 13.0. The molecule has 1 heterocycles. The highest BCUT2D eigenvalue weighted by Crippen LogP contribution is 2.36. The molecule has 1 aromatic rings. The SMILES string of the molecule is O=C(O)[C@H]1CCN(S(=O)(=O)c2ccccc2C(F)(F)F)C[C@H]1O. The summed E-state index contributed by atoms with van der Waals surface area (Å²) in [6, 6.07) is 3.75. The normalized spacial score (nSPS) is 23.7. The maximum atomic E-state index is 13.0. The van der Waals surface area contributed by atoms with E-state index in [2.05, 4.69) is 0 Å². The quantitative estimate of drug-likeness (QED) is 0.850. The molecule has 0 amide bonds. The van der Waals surface area contributed by atoms with Gasteiger partial charge in [0, 0.05) is 13.1 Å². The Morgan fingerprint density at radius 3 is 2.39 bits per heavy atom. The van der Waals surface area contributed by atoms with Gasteiger partial charge in [-0.05, 0) is 18.6 Å². The number of hydrogen-bond acceptors (Lipinski definition) is 4. The number of nitrogens with zero attached hydrogens (tertiary/aromatic N) is 1. The smallest absolute Gasteiger partial charge is 0.417 e. The fourth-order valence-electron chi connectivity index (χ4n) is 2.47. The molecule has 1 aliphatic rings. The summed E-state index contributed by atoms with van der Waals surface area (Å²) in [5, 5.41) is 18.6. The highest BCUT2D eigenvalue weighted by atomic mass is 32.2. The highest BCUT2D eigenvalue weighted by Gasteiger charge is 2.42. The molecule has 10 heteroatoms. The third-order valence-electron chi connectivity index (χ3n) is 3.67. The van der Waals surface area contributed by atoms with Crippen LogP contribution in [0.5, 0.6) is 0 Å². The second-order valence-electron chi connectivity index (χ2n) is 5.16. The standard InChI is InChI=1S/C13H14F3NO5S/c14-13(15,16)9-3-1-2-4-11(9)23(21,22)17-6-5-8(12(19)20)10(18)7-17/h1-4,8,10,18H,5-7H2,(H,19,20)/t8-,10+/m0/s1. The van der Waals surface area contributed by atoms with E-state index in [1.54, 1.807) is 0 Å². The van der Waals surface area contributed by atoms with Gasteiger partial charge in [0.05, 0.1) is 22.5 Å². The molecule has 1 aliphatic heterocycles. The molecule has 1 aromatic carbocycles. The summed E-state index contributed by atoms with van der Waals surface area (Å²) in [6.45, 7) is -0.839. The first-order valence-electron chi connectivity index (χ1n) is 6.62. The van der Waals surface area contributed by atoms with E-state index in [0.29, 0.717) is 10.4 Å². The van der Waals surface area contributed by atoms with Crippen molar-refractivity contribution >= 4 is 16.0 Å². The highest BCUT2D eigenvalue weighted by molar-refractivity contribution is 7.89. The lowest BCUT2D eigenvalue weighted by atomic mass is 9.95. The molecule has 0 unspecified atom stereocenters. The zero-order valence-corrected chi connectivity index (χ0v) is 12.5. The number of carboxylic acids is 1. The van der Waals surface area contributed by atoms with Gasteiger partial charge >= 0.3 is 12.1 Å². The molecule has 1 fully saturated rings. The number of benzene rings is 1. The van der Waals surface area contributed by atoms with E-state index in [9.17, 15) is 31.5 Å².